The number of carbonyl (C=O) groups is 3. The van der Waals surface area contributed by atoms with Crippen molar-refractivity contribution in [2.45, 2.75) is 99.7 Å². The van der Waals surface area contributed by atoms with Gasteiger partial charge in [0.1, 0.15) is 17.7 Å². The van der Waals surface area contributed by atoms with Gasteiger partial charge in [0, 0.05) is 23.4 Å². The Morgan fingerprint density at radius 3 is 2.72 bits per heavy atom. The fraction of sp³-hybridized carbons (Fsp3) is 0.500. The minimum absolute atomic E-state index is 0.162. The number of nitrogens with one attached hydrogen (secondary N) is 3. The number of carbonyl (C=O) groups excluding carboxylic acids is 3. The van der Waals surface area contributed by atoms with E-state index in [4.69, 9.17) is 4.74 Å². The first-order valence-electron chi connectivity index (χ1n) is 17.3. The Balaban J connectivity index is 1.17. The van der Waals surface area contributed by atoms with Crippen LogP contribution in [0.4, 0.5) is 0 Å². The monoisotopic (exact) mass is 783 g/mol. The maximum atomic E-state index is 14.5. The van der Waals surface area contributed by atoms with Crippen LogP contribution in [0.3, 0.4) is 0 Å². The second kappa shape index (κ2) is 14.0. The van der Waals surface area contributed by atoms with Gasteiger partial charge < -0.3 is 20.3 Å². The van der Waals surface area contributed by atoms with Crippen molar-refractivity contribution in [3.8, 4) is 5.19 Å². The van der Waals surface area contributed by atoms with Crippen LogP contribution in [0.25, 0.3) is 10.2 Å². The molecule has 0 radical (unpaired) electrons. The highest BCUT2D eigenvalue weighted by Gasteiger charge is 2.63. The van der Waals surface area contributed by atoms with Crippen molar-refractivity contribution in [1.82, 2.24) is 25.2 Å². The number of aromatic nitrogens is 1. The van der Waals surface area contributed by atoms with Crippen molar-refractivity contribution in [2.75, 3.05) is 6.54 Å². The van der Waals surface area contributed by atoms with Gasteiger partial charge in [-0.3, -0.25) is 19.1 Å². The molecule has 2 aromatic carbocycles. The third-order valence-corrected chi connectivity index (χ3v) is 14.0. The van der Waals surface area contributed by atoms with Crippen LogP contribution in [-0.2, 0) is 31.0 Å². The minimum atomic E-state index is -3.93. The summed E-state index contributed by atoms with van der Waals surface area (Å²) in [4.78, 5) is 48.7. The van der Waals surface area contributed by atoms with E-state index < -0.39 is 50.3 Å². The molecule has 4 aliphatic rings. The molecule has 1 aromatic heterocycles. The fourth-order valence-electron chi connectivity index (χ4n) is 6.91. The van der Waals surface area contributed by atoms with Gasteiger partial charge in [0.25, 0.3) is 11.1 Å². The topological polar surface area (TPSA) is 147 Å². The molecule has 11 nitrogen and oxygen atoms in total. The van der Waals surface area contributed by atoms with Gasteiger partial charge in [-0.15, -0.1) is 0 Å². The minimum Gasteiger partial charge on any atom is -0.465 e. The number of ether oxygens (including phenoxy) is 1. The number of thiazole rings is 1. The summed E-state index contributed by atoms with van der Waals surface area (Å²) >= 11 is 4.89. The molecule has 3 heterocycles. The summed E-state index contributed by atoms with van der Waals surface area (Å²) < 4.78 is 35.7. The van der Waals surface area contributed by atoms with E-state index in [-0.39, 0.29) is 31.2 Å². The van der Waals surface area contributed by atoms with Gasteiger partial charge in [-0.2, -0.15) is 0 Å². The SMILES string of the molecule is CC1(S(=O)(=O)NC(=O)[C@@]23C[C@H]2/C=C\CCCCC[C@H](NCc2ccccc2)C(=O)N2C[C@H](Oc4nc5ccc(Br)cc5s4)C[C@H]2C(=O)N3)CC1. The van der Waals surface area contributed by atoms with Gasteiger partial charge in [-0.1, -0.05) is 82.6 Å². The van der Waals surface area contributed by atoms with Crippen molar-refractivity contribution in [3.05, 3.63) is 70.7 Å². The molecule has 0 unspecified atom stereocenters. The molecule has 0 bridgehead atoms. The smallest absolute Gasteiger partial charge is 0.274 e. The van der Waals surface area contributed by atoms with E-state index in [0.29, 0.717) is 31.0 Å². The zero-order chi connectivity index (χ0) is 35.1. The lowest BCUT2D eigenvalue weighted by atomic mass is 10.0. The standard InChI is InChI=1S/C36H42BrN5O6S2/c1-35(16-17-35)50(46,47)41-33(45)36-20-24(36)12-8-3-2-4-9-13-28(38-21-23-10-6-5-7-11-23)32(44)42-22-26(19-29(42)31(43)40-36)48-34-39-27-15-14-25(37)18-30(27)49-34/h5-8,10-12,14-15,18,24,26,28-29,38H,2-4,9,13,16-17,19-22H2,1H3,(H,40,43)(H,41,45)/b12-8-/t24-,26-,28+,29+,36-/m1/s1. The molecule has 1 saturated heterocycles. The molecule has 2 aliphatic carbocycles. The van der Waals surface area contributed by atoms with Crippen molar-refractivity contribution in [2.24, 2.45) is 5.92 Å². The highest BCUT2D eigenvalue weighted by Crippen LogP contribution is 2.47. The molecule has 2 saturated carbocycles. The molecule has 3 amide bonds. The number of sulfonamides is 1. The Labute approximate surface area is 304 Å². The van der Waals surface area contributed by atoms with Gasteiger partial charge in [0.2, 0.25) is 21.8 Å². The first-order valence-corrected chi connectivity index (χ1v) is 20.4. The average molecular weight is 785 g/mol. The zero-order valence-corrected chi connectivity index (χ0v) is 31.1. The number of halogens is 1. The van der Waals surface area contributed by atoms with E-state index in [0.717, 1.165) is 45.9 Å². The Hall–Kier alpha value is -3.33. The quantitative estimate of drug-likeness (QED) is 0.272. The maximum absolute atomic E-state index is 14.5. The van der Waals surface area contributed by atoms with E-state index >= 15 is 0 Å². The van der Waals surface area contributed by atoms with Crippen molar-refractivity contribution in [3.63, 3.8) is 0 Å². The average Bonchev–Trinajstić information content (AvgIpc) is 3.90. The van der Waals surface area contributed by atoms with Crippen molar-refractivity contribution >= 4 is 65.2 Å². The number of hydrogen-bond donors (Lipinski definition) is 3. The molecule has 0 spiro atoms. The number of allylic oxidation sites excluding steroid dienone is 1. The molecule has 7 rings (SSSR count). The molecule has 50 heavy (non-hydrogen) atoms. The summed E-state index contributed by atoms with van der Waals surface area (Å²) in [5.41, 5.74) is 0.407. The molecule has 2 aliphatic heterocycles. The van der Waals surface area contributed by atoms with Gasteiger partial charge in [0.15, 0.2) is 0 Å². The number of benzene rings is 2. The van der Waals surface area contributed by atoms with Crippen LogP contribution in [0.2, 0.25) is 0 Å². The predicted octanol–water partition coefficient (Wildman–Crippen LogP) is 4.96. The fourth-order valence-corrected chi connectivity index (χ4v) is 9.65. The van der Waals surface area contributed by atoms with Crippen LogP contribution in [0, 0.1) is 5.92 Å². The first kappa shape index (κ1) is 35.1. The van der Waals surface area contributed by atoms with Crippen molar-refractivity contribution < 1.29 is 27.5 Å². The lowest BCUT2D eigenvalue weighted by Crippen LogP contribution is -2.58. The third kappa shape index (κ3) is 7.35. The second-order valence-electron chi connectivity index (χ2n) is 14.2. The van der Waals surface area contributed by atoms with Gasteiger partial charge >= 0.3 is 0 Å². The van der Waals surface area contributed by atoms with Gasteiger partial charge in [-0.05, 0) is 69.2 Å². The molecular formula is C36H42BrN5O6S2. The molecule has 5 atom stereocenters. The van der Waals surface area contributed by atoms with Crippen LogP contribution in [-0.4, -0.2) is 71.0 Å². The van der Waals surface area contributed by atoms with Crippen molar-refractivity contribution in [1.29, 1.82) is 0 Å². The number of hydrogen-bond acceptors (Lipinski definition) is 9. The Morgan fingerprint density at radius 1 is 1.14 bits per heavy atom. The van der Waals surface area contributed by atoms with Crippen LogP contribution < -0.4 is 20.1 Å². The zero-order valence-electron chi connectivity index (χ0n) is 27.9. The number of amides is 3. The normalized spacial score (nSPS) is 28.8. The summed E-state index contributed by atoms with van der Waals surface area (Å²) in [6, 6.07) is 14.2. The molecular weight excluding hydrogens is 742 g/mol. The molecule has 266 valence electrons. The maximum Gasteiger partial charge on any atom is 0.274 e. The highest BCUT2D eigenvalue weighted by atomic mass is 79.9. The number of rotatable bonds is 8. The highest BCUT2D eigenvalue weighted by molar-refractivity contribution is 9.10. The number of fused-ring (bicyclic) bond motifs is 3. The molecule has 3 N–H and O–H groups in total. The van der Waals surface area contributed by atoms with Crippen LogP contribution in [0.15, 0.2) is 65.2 Å². The second-order valence-corrected chi connectivity index (χ2v) is 18.3. The predicted molar refractivity (Wildman–Crippen MR) is 195 cm³/mol. The Kier molecular flexibility index (Phi) is 9.83. The summed E-state index contributed by atoms with van der Waals surface area (Å²) in [7, 11) is -3.93. The summed E-state index contributed by atoms with van der Waals surface area (Å²) in [5.74, 6) is -1.80. The Bertz CT molecular complexity index is 1920. The summed E-state index contributed by atoms with van der Waals surface area (Å²) in [6.45, 7) is 2.27. The van der Waals surface area contributed by atoms with E-state index in [1.54, 1.807) is 11.8 Å². The largest absolute Gasteiger partial charge is 0.465 e. The lowest BCUT2D eigenvalue weighted by Gasteiger charge is -2.30. The number of nitrogens with zero attached hydrogens (tertiary/aromatic N) is 2. The van der Waals surface area contributed by atoms with Crippen LogP contribution in [0.5, 0.6) is 5.19 Å². The van der Waals surface area contributed by atoms with E-state index in [1.807, 2.05) is 60.7 Å². The van der Waals surface area contributed by atoms with Gasteiger partial charge in [-0.25, -0.2) is 13.4 Å². The van der Waals surface area contributed by atoms with E-state index in [1.165, 1.54) is 11.3 Å². The van der Waals surface area contributed by atoms with E-state index in [9.17, 15) is 22.8 Å². The molecule has 3 aromatic rings. The summed E-state index contributed by atoms with van der Waals surface area (Å²) in [6.07, 6.45) is 8.85. The Morgan fingerprint density at radius 2 is 1.94 bits per heavy atom. The third-order valence-electron chi connectivity index (χ3n) is 10.5. The van der Waals surface area contributed by atoms with E-state index in [2.05, 4.69) is 36.3 Å². The first-order chi connectivity index (χ1) is 24.0. The molecule has 3 fully saturated rings. The molecule has 14 heteroatoms. The van der Waals surface area contributed by atoms with Crippen LogP contribution >= 0.6 is 27.3 Å². The van der Waals surface area contributed by atoms with Gasteiger partial charge in [0.05, 0.1) is 27.6 Å². The summed E-state index contributed by atoms with van der Waals surface area (Å²) in [5, 5.41) is 6.86. The lowest BCUT2D eigenvalue weighted by molar-refractivity contribution is -0.141. The van der Waals surface area contributed by atoms with Crippen LogP contribution in [0.1, 0.15) is 70.3 Å².